The van der Waals surface area contributed by atoms with Crippen LogP contribution in [0.4, 0.5) is 24.5 Å². The highest BCUT2D eigenvalue weighted by Crippen LogP contribution is 2.31. The number of nitrogens with zero attached hydrogens (tertiary/aromatic N) is 1. The molecule has 21 heavy (non-hydrogen) atoms. The highest BCUT2D eigenvalue weighted by molar-refractivity contribution is 6.30. The highest BCUT2D eigenvalue weighted by Gasteiger charge is 2.32. The molecule has 0 bridgehead atoms. The average Bonchev–Trinajstić information content (AvgIpc) is 2.42. The summed E-state index contributed by atoms with van der Waals surface area (Å²) in [4.78, 5) is 3.28. The van der Waals surface area contributed by atoms with Crippen LogP contribution in [-0.4, -0.2) is 11.5 Å². The van der Waals surface area contributed by atoms with Gasteiger partial charge in [-0.1, -0.05) is 23.7 Å². The fourth-order valence-electron chi connectivity index (χ4n) is 1.77. The number of pyridine rings is 1. The van der Waals surface area contributed by atoms with Crippen LogP contribution in [0.1, 0.15) is 11.3 Å². The molecule has 0 unspecified atom stereocenters. The van der Waals surface area contributed by atoms with Gasteiger partial charge in [-0.15, -0.1) is 0 Å². The molecule has 0 saturated carbocycles. The van der Waals surface area contributed by atoms with E-state index in [2.05, 4.69) is 10.3 Å². The first-order valence-electron chi connectivity index (χ1n) is 6.17. The minimum Gasteiger partial charge on any atom is -0.396 e. The molecular formula is C14H13ClF3N3. The number of nitrogens with two attached hydrogens (primary N) is 1. The lowest BCUT2D eigenvalue weighted by molar-refractivity contribution is -0.141. The lowest BCUT2D eigenvalue weighted by Crippen LogP contribution is -2.12. The Morgan fingerprint density at radius 3 is 2.48 bits per heavy atom. The van der Waals surface area contributed by atoms with Gasteiger partial charge < -0.3 is 11.1 Å². The summed E-state index contributed by atoms with van der Waals surface area (Å²) < 4.78 is 37.7. The quantitative estimate of drug-likeness (QED) is 0.897. The molecule has 0 aliphatic rings. The smallest absolute Gasteiger partial charge is 0.396 e. The highest BCUT2D eigenvalue weighted by atomic mass is 35.5. The second-order valence-corrected chi connectivity index (χ2v) is 4.89. The van der Waals surface area contributed by atoms with Crippen LogP contribution in [0.25, 0.3) is 0 Å². The third kappa shape index (κ3) is 4.26. The summed E-state index contributed by atoms with van der Waals surface area (Å²) in [6, 6.07) is 8.16. The maximum atomic E-state index is 12.6. The van der Waals surface area contributed by atoms with E-state index >= 15 is 0 Å². The maximum absolute atomic E-state index is 12.6. The molecule has 2 rings (SSSR count). The summed E-state index contributed by atoms with van der Waals surface area (Å²) in [5, 5.41) is 3.53. The molecule has 3 nitrogen and oxygen atoms in total. The van der Waals surface area contributed by atoms with E-state index in [1.807, 2.05) is 12.1 Å². The van der Waals surface area contributed by atoms with Crippen molar-refractivity contribution >= 4 is 23.0 Å². The van der Waals surface area contributed by atoms with Gasteiger partial charge in [-0.3, -0.25) is 0 Å². The fraction of sp³-hybridized carbons (Fsp3) is 0.214. The Hall–Kier alpha value is -1.95. The molecule has 0 fully saturated rings. The number of halogens is 4. The molecule has 0 aliphatic heterocycles. The maximum Gasteiger partial charge on any atom is 0.433 e. The monoisotopic (exact) mass is 315 g/mol. The van der Waals surface area contributed by atoms with Gasteiger partial charge in [0.1, 0.15) is 5.69 Å². The zero-order valence-corrected chi connectivity index (χ0v) is 11.7. The summed E-state index contributed by atoms with van der Waals surface area (Å²) in [5.74, 6) is 0. The first-order valence-corrected chi connectivity index (χ1v) is 6.55. The molecule has 112 valence electrons. The van der Waals surface area contributed by atoms with Crippen molar-refractivity contribution in [1.82, 2.24) is 4.98 Å². The van der Waals surface area contributed by atoms with Crippen molar-refractivity contribution in [1.29, 1.82) is 0 Å². The number of nitrogens with one attached hydrogen (secondary N) is 1. The van der Waals surface area contributed by atoms with E-state index in [0.717, 1.165) is 17.8 Å². The number of rotatable bonds is 4. The van der Waals surface area contributed by atoms with E-state index in [9.17, 15) is 13.2 Å². The normalized spacial score (nSPS) is 11.4. The Morgan fingerprint density at radius 2 is 1.86 bits per heavy atom. The molecule has 7 heteroatoms. The minimum absolute atomic E-state index is 0.180. The van der Waals surface area contributed by atoms with Crippen molar-refractivity contribution in [3.63, 3.8) is 0 Å². The van der Waals surface area contributed by atoms with Crippen LogP contribution in [0, 0.1) is 0 Å². The molecular weight excluding hydrogens is 303 g/mol. The van der Waals surface area contributed by atoms with Crippen LogP contribution in [0.2, 0.25) is 5.02 Å². The van der Waals surface area contributed by atoms with E-state index in [-0.39, 0.29) is 11.4 Å². The van der Waals surface area contributed by atoms with Crippen LogP contribution in [-0.2, 0) is 12.6 Å². The Kier molecular flexibility index (Phi) is 4.57. The lowest BCUT2D eigenvalue weighted by atomic mass is 10.1. The number of nitrogen functional groups attached to an aromatic ring is 1. The SMILES string of the molecule is Nc1cnc(C(F)(F)F)cc1NCCc1ccc(Cl)cc1. The van der Waals surface area contributed by atoms with Gasteiger partial charge in [0.05, 0.1) is 17.6 Å². The van der Waals surface area contributed by atoms with Crippen molar-refractivity contribution in [3.8, 4) is 0 Å². The average molecular weight is 316 g/mol. The Labute approximate surface area is 124 Å². The van der Waals surface area contributed by atoms with E-state index in [0.29, 0.717) is 18.0 Å². The standard InChI is InChI=1S/C14H13ClF3N3/c15-10-3-1-9(2-4-10)5-6-20-12-7-13(14(16,17)18)21-8-11(12)19/h1-4,7-8H,5-6,19H2,(H,20,21). The number of anilines is 2. The van der Waals surface area contributed by atoms with Crippen LogP contribution in [0.5, 0.6) is 0 Å². The van der Waals surface area contributed by atoms with Crippen molar-refractivity contribution in [2.24, 2.45) is 0 Å². The van der Waals surface area contributed by atoms with E-state index in [1.54, 1.807) is 12.1 Å². The van der Waals surface area contributed by atoms with Gasteiger partial charge in [0, 0.05) is 11.6 Å². The van der Waals surface area contributed by atoms with Crippen molar-refractivity contribution in [2.45, 2.75) is 12.6 Å². The predicted molar refractivity (Wildman–Crippen MR) is 77.3 cm³/mol. The van der Waals surface area contributed by atoms with Crippen LogP contribution >= 0.6 is 11.6 Å². The summed E-state index contributed by atoms with van der Waals surface area (Å²) in [6.07, 6.45) is -2.84. The first-order chi connectivity index (χ1) is 9.86. The van der Waals surface area contributed by atoms with Crippen LogP contribution in [0.15, 0.2) is 36.5 Å². The van der Waals surface area contributed by atoms with Gasteiger partial charge in [-0.2, -0.15) is 13.2 Å². The van der Waals surface area contributed by atoms with E-state index in [1.165, 1.54) is 0 Å². The van der Waals surface area contributed by atoms with Gasteiger partial charge >= 0.3 is 6.18 Å². The van der Waals surface area contributed by atoms with Crippen molar-refractivity contribution < 1.29 is 13.2 Å². The minimum atomic E-state index is -4.49. The Bertz CT molecular complexity index is 612. The molecule has 0 spiro atoms. The second-order valence-electron chi connectivity index (χ2n) is 4.46. The van der Waals surface area contributed by atoms with Crippen molar-refractivity contribution in [2.75, 3.05) is 17.6 Å². The molecule has 0 radical (unpaired) electrons. The van der Waals surface area contributed by atoms with E-state index < -0.39 is 11.9 Å². The third-order valence-electron chi connectivity index (χ3n) is 2.87. The second kappa shape index (κ2) is 6.22. The molecule has 3 N–H and O–H groups in total. The summed E-state index contributed by atoms with van der Waals surface area (Å²) in [6.45, 7) is 0.452. The van der Waals surface area contributed by atoms with Crippen molar-refractivity contribution in [3.05, 3.63) is 52.8 Å². The lowest BCUT2D eigenvalue weighted by Gasteiger charge is -2.12. The van der Waals surface area contributed by atoms with Crippen LogP contribution in [0.3, 0.4) is 0 Å². The summed E-state index contributed by atoms with van der Waals surface area (Å²) >= 11 is 5.78. The molecule has 2 aromatic rings. The number of benzene rings is 1. The number of aromatic nitrogens is 1. The zero-order valence-electron chi connectivity index (χ0n) is 10.9. The third-order valence-corrected chi connectivity index (χ3v) is 3.12. The number of hydrogen-bond acceptors (Lipinski definition) is 3. The molecule has 0 aliphatic carbocycles. The van der Waals surface area contributed by atoms with Gasteiger partial charge in [0.25, 0.3) is 0 Å². The molecule has 0 atom stereocenters. The number of hydrogen-bond donors (Lipinski definition) is 2. The first kappa shape index (κ1) is 15.4. The summed E-state index contributed by atoms with van der Waals surface area (Å²) in [7, 11) is 0. The van der Waals surface area contributed by atoms with Gasteiger partial charge in [-0.25, -0.2) is 4.98 Å². The molecule has 1 heterocycles. The molecule has 0 saturated heterocycles. The van der Waals surface area contributed by atoms with Crippen LogP contribution < -0.4 is 11.1 Å². The fourth-order valence-corrected chi connectivity index (χ4v) is 1.89. The predicted octanol–water partition coefficient (Wildman–Crippen LogP) is 3.99. The van der Waals surface area contributed by atoms with Gasteiger partial charge in [0.15, 0.2) is 0 Å². The topological polar surface area (TPSA) is 50.9 Å². The number of alkyl halides is 3. The van der Waals surface area contributed by atoms with Gasteiger partial charge in [0.2, 0.25) is 0 Å². The Morgan fingerprint density at radius 1 is 1.19 bits per heavy atom. The summed E-state index contributed by atoms with van der Waals surface area (Å²) in [5.41, 5.74) is 6.09. The molecule has 0 amide bonds. The van der Waals surface area contributed by atoms with Gasteiger partial charge in [-0.05, 0) is 30.2 Å². The van der Waals surface area contributed by atoms with E-state index in [4.69, 9.17) is 17.3 Å². The molecule has 1 aromatic heterocycles. The Balaban J connectivity index is 2.01. The molecule has 1 aromatic carbocycles. The zero-order chi connectivity index (χ0) is 15.5. The largest absolute Gasteiger partial charge is 0.433 e.